The van der Waals surface area contributed by atoms with E-state index in [0.29, 0.717) is 24.3 Å². The molecular formula is C20H29NO5S. The fourth-order valence-electron chi connectivity index (χ4n) is 4.42. The molecule has 2 atom stereocenters. The number of phenolic OH excluding ortho intramolecular Hbond substituents is 1. The number of allylic oxidation sites excluding steroid dienone is 2. The van der Waals surface area contributed by atoms with Gasteiger partial charge in [-0.2, -0.15) is 8.42 Å². The molecule has 0 radical (unpaired) electrons. The lowest BCUT2D eigenvalue weighted by molar-refractivity contribution is 0.00724. The standard InChI is InChI=1S/C20H29NO5S/c1-4-5-6-7-13-10-17(22)19-15-12-14(21-27(23,24)25)8-9-16(15)20(2,3)26-18(19)11-13/h8,10-11,15-16,21-22H,4-7,9,12H2,1-3H3,(H,23,24,25). The minimum absolute atomic E-state index is 0.0808. The average molecular weight is 396 g/mol. The van der Waals surface area contributed by atoms with Gasteiger partial charge >= 0.3 is 10.3 Å². The second kappa shape index (κ2) is 7.36. The van der Waals surface area contributed by atoms with E-state index >= 15 is 0 Å². The number of benzene rings is 1. The van der Waals surface area contributed by atoms with Crippen LogP contribution < -0.4 is 9.46 Å². The van der Waals surface area contributed by atoms with Crippen LogP contribution in [0.25, 0.3) is 0 Å². The number of nitrogens with one attached hydrogen (secondary N) is 1. The van der Waals surface area contributed by atoms with Gasteiger partial charge in [0.15, 0.2) is 0 Å². The number of hydrogen-bond donors (Lipinski definition) is 3. The van der Waals surface area contributed by atoms with Gasteiger partial charge in [-0.05, 0) is 57.2 Å². The Morgan fingerprint density at radius 3 is 2.70 bits per heavy atom. The molecule has 0 saturated heterocycles. The van der Waals surface area contributed by atoms with Gasteiger partial charge in [-0.3, -0.25) is 9.27 Å². The van der Waals surface area contributed by atoms with E-state index in [1.54, 1.807) is 12.1 Å². The summed E-state index contributed by atoms with van der Waals surface area (Å²) in [6, 6.07) is 3.82. The van der Waals surface area contributed by atoms with Crippen LogP contribution in [0.1, 0.15) is 69.9 Å². The van der Waals surface area contributed by atoms with Crippen molar-refractivity contribution in [1.82, 2.24) is 4.72 Å². The Balaban J connectivity index is 1.94. The maximum absolute atomic E-state index is 11.2. The molecule has 1 aromatic rings. The molecule has 1 aliphatic heterocycles. The van der Waals surface area contributed by atoms with Gasteiger partial charge in [0.1, 0.15) is 17.1 Å². The summed E-state index contributed by atoms with van der Waals surface area (Å²) < 4.78 is 40.0. The Labute approximate surface area is 161 Å². The number of hydrogen-bond acceptors (Lipinski definition) is 4. The van der Waals surface area contributed by atoms with Crippen molar-refractivity contribution >= 4 is 10.3 Å². The number of ether oxygens (including phenoxy) is 1. The molecule has 0 fully saturated rings. The van der Waals surface area contributed by atoms with Gasteiger partial charge in [0.25, 0.3) is 0 Å². The Kier molecular flexibility index (Phi) is 5.45. The molecular weight excluding hydrogens is 366 g/mol. The molecule has 3 N–H and O–H groups in total. The topological polar surface area (TPSA) is 95.9 Å². The molecule has 0 saturated carbocycles. The van der Waals surface area contributed by atoms with Crippen LogP contribution in [0.3, 0.4) is 0 Å². The predicted molar refractivity (Wildman–Crippen MR) is 104 cm³/mol. The number of rotatable bonds is 6. The highest BCUT2D eigenvalue weighted by Crippen LogP contribution is 2.54. The van der Waals surface area contributed by atoms with E-state index in [0.717, 1.165) is 36.8 Å². The van der Waals surface area contributed by atoms with Crippen molar-refractivity contribution in [2.24, 2.45) is 5.92 Å². The van der Waals surface area contributed by atoms with E-state index < -0.39 is 15.9 Å². The Morgan fingerprint density at radius 2 is 2.04 bits per heavy atom. The molecule has 150 valence electrons. The van der Waals surface area contributed by atoms with E-state index in [9.17, 15) is 13.5 Å². The van der Waals surface area contributed by atoms with Crippen molar-refractivity contribution in [3.05, 3.63) is 35.0 Å². The van der Waals surface area contributed by atoms with Gasteiger partial charge in [0.05, 0.1) is 0 Å². The molecule has 6 nitrogen and oxygen atoms in total. The second-order valence-electron chi connectivity index (χ2n) is 8.15. The molecule has 3 rings (SSSR count). The molecule has 1 heterocycles. The zero-order valence-corrected chi connectivity index (χ0v) is 17.0. The lowest BCUT2D eigenvalue weighted by Gasteiger charge is -2.47. The van der Waals surface area contributed by atoms with Crippen LogP contribution >= 0.6 is 0 Å². The molecule has 27 heavy (non-hydrogen) atoms. The van der Waals surface area contributed by atoms with E-state index in [2.05, 4.69) is 11.6 Å². The minimum Gasteiger partial charge on any atom is -0.508 e. The van der Waals surface area contributed by atoms with E-state index in [1.165, 1.54) is 0 Å². The van der Waals surface area contributed by atoms with Crippen molar-refractivity contribution < 1.29 is 22.8 Å². The van der Waals surface area contributed by atoms with Crippen molar-refractivity contribution in [1.29, 1.82) is 0 Å². The first-order valence-corrected chi connectivity index (χ1v) is 11.0. The van der Waals surface area contributed by atoms with E-state index in [1.807, 2.05) is 19.9 Å². The number of phenols is 1. The first-order valence-electron chi connectivity index (χ1n) is 9.59. The van der Waals surface area contributed by atoms with Crippen LogP contribution in [0.2, 0.25) is 0 Å². The number of aryl methyl sites for hydroxylation is 1. The average Bonchev–Trinajstić information content (AvgIpc) is 2.52. The van der Waals surface area contributed by atoms with Gasteiger partial charge in [0, 0.05) is 23.1 Å². The minimum atomic E-state index is -4.31. The molecule has 0 amide bonds. The zero-order chi connectivity index (χ0) is 19.8. The maximum atomic E-state index is 11.2. The molecule has 2 aliphatic rings. The van der Waals surface area contributed by atoms with Crippen LogP contribution in [0, 0.1) is 5.92 Å². The first kappa shape index (κ1) is 20.0. The van der Waals surface area contributed by atoms with Gasteiger partial charge in [-0.25, -0.2) is 0 Å². The Morgan fingerprint density at radius 1 is 1.30 bits per heavy atom. The van der Waals surface area contributed by atoms with Crippen LogP contribution in [0.5, 0.6) is 11.5 Å². The fraction of sp³-hybridized carbons (Fsp3) is 0.600. The molecule has 0 aromatic heterocycles. The van der Waals surface area contributed by atoms with E-state index in [-0.39, 0.29) is 17.6 Å². The highest BCUT2D eigenvalue weighted by atomic mass is 32.2. The summed E-state index contributed by atoms with van der Waals surface area (Å²) in [6.45, 7) is 6.22. The monoisotopic (exact) mass is 395 g/mol. The van der Waals surface area contributed by atoms with Crippen LogP contribution in [-0.4, -0.2) is 23.7 Å². The number of fused-ring (bicyclic) bond motifs is 3. The van der Waals surface area contributed by atoms with Crippen molar-refractivity contribution in [3.63, 3.8) is 0 Å². The van der Waals surface area contributed by atoms with E-state index in [4.69, 9.17) is 9.29 Å². The first-order chi connectivity index (χ1) is 12.6. The Bertz CT molecular complexity index is 844. The lowest BCUT2D eigenvalue weighted by Crippen LogP contribution is -2.46. The van der Waals surface area contributed by atoms with Crippen LogP contribution in [0.4, 0.5) is 0 Å². The normalized spacial score (nSPS) is 23.6. The summed E-state index contributed by atoms with van der Waals surface area (Å²) in [5, 5.41) is 10.7. The second-order valence-corrected chi connectivity index (χ2v) is 9.30. The van der Waals surface area contributed by atoms with Crippen molar-refractivity contribution in [2.75, 3.05) is 0 Å². The number of aromatic hydroxyl groups is 1. The molecule has 2 unspecified atom stereocenters. The van der Waals surface area contributed by atoms with Crippen molar-refractivity contribution in [2.45, 2.75) is 70.8 Å². The SMILES string of the molecule is CCCCCc1cc(O)c2c(c1)OC(C)(C)C1CC=C(NS(=O)(=O)O)CC21. The predicted octanol–water partition coefficient (Wildman–Crippen LogP) is 4.07. The summed E-state index contributed by atoms with van der Waals surface area (Å²) in [6.07, 6.45) is 7.03. The summed E-state index contributed by atoms with van der Waals surface area (Å²) in [5.74, 6) is 0.912. The smallest absolute Gasteiger partial charge is 0.357 e. The quantitative estimate of drug-likeness (QED) is 0.498. The van der Waals surface area contributed by atoms with Crippen molar-refractivity contribution in [3.8, 4) is 11.5 Å². The van der Waals surface area contributed by atoms with Gasteiger partial charge in [0.2, 0.25) is 0 Å². The highest BCUT2D eigenvalue weighted by molar-refractivity contribution is 7.83. The lowest BCUT2D eigenvalue weighted by atomic mass is 9.68. The third kappa shape index (κ3) is 4.41. The Hall–Kier alpha value is -1.73. The van der Waals surface area contributed by atoms with Gasteiger partial charge < -0.3 is 9.84 Å². The summed E-state index contributed by atoms with van der Waals surface area (Å²) in [7, 11) is -4.31. The molecule has 0 spiro atoms. The maximum Gasteiger partial charge on any atom is 0.357 e. The van der Waals surface area contributed by atoms with Gasteiger partial charge in [-0.15, -0.1) is 0 Å². The summed E-state index contributed by atoms with van der Waals surface area (Å²) in [5.41, 5.74) is 1.80. The third-order valence-corrected chi connectivity index (χ3v) is 6.21. The summed E-state index contributed by atoms with van der Waals surface area (Å²) in [4.78, 5) is 0. The molecule has 1 aliphatic carbocycles. The van der Waals surface area contributed by atoms with Crippen LogP contribution in [-0.2, 0) is 16.7 Å². The van der Waals surface area contributed by atoms with Crippen LogP contribution in [0.15, 0.2) is 23.9 Å². The highest BCUT2D eigenvalue weighted by Gasteiger charge is 2.46. The van der Waals surface area contributed by atoms with Gasteiger partial charge in [-0.1, -0.05) is 25.8 Å². The summed E-state index contributed by atoms with van der Waals surface area (Å²) >= 11 is 0. The number of unbranched alkanes of at least 4 members (excludes halogenated alkanes) is 2. The fourth-order valence-corrected chi connectivity index (χ4v) is 4.92. The molecule has 7 heteroatoms. The molecule has 1 aromatic carbocycles. The third-order valence-electron chi connectivity index (χ3n) is 5.69. The largest absolute Gasteiger partial charge is 0.508 e. The zero-order valence-electron chi connectivity index (χ0n) is 16.2. The molecule has 0 bridgehead atoms.